The van der Waals surface area contributed by atoms with Gasteiger partial charge in [-0.15, -0.1) is 0 Å². The average molecular weight is 273 g/mol. The van der Waals surface area contributed by atoms with Crippen LogP contribution in [0.15, 0.2) is 42.7 Å². The fraction of sp³-hybridized carbons (Fsp3) is 0.438. The minimum absolute atomic E-state index is 0.182. The number of hydrogen-bond donors (Lipinski definition) is 1. The third-order valence-electron chi connectivity index (χ3n) is 3.48. The number of imidazole rings is 1. The molecule has 4 nitrogen and oxygen atoms in total. The minimum Gasteiger partial charge on any atom is -0.395 e. The normalized spacial score (nSPS) is 11.2. The lowest BCUT2D eigenvalue weighted by atomic mass is 10.1. The van der Waals surface area contributed by atoms with E-state index in [2.05, 4.69) is 45.6 Å². The molecule has 1 N–H and O–H groups in total. The molecule has 0 aliphatic heterocycles. The molecule has 0 fully saturated rings. The maximum absolute atomic E-state index is 9.22. The van der Waals surface area contributed by atoms with Crippen LogP contribution in [-0.4, -0.2) is 39.3 Å². The molecule has 0 aliphatic carbocycles. The van der Waals surface area contributed by atoms with Crippen LogP contribution in [0.25, 0.3) is 0 Å². The van der Waals surface area contributed by atoms with Crippen LogP contribution in [0.5, 0.6) is 0 Å². The highest BCUT2D eigenvalue weighted by atomic mass is 16.3. The molecule has 2 rings (SSSR count). The summed E-state index contributed by atoms with van der Waals surface area (Å²) in [4.78, 5) is 6.66. The van der Waals surface area contributed by atoms with Gasteiger partial charge in [0, 0.05) is 32.0 Å². The third-order valence-corrected chi connectivity index (χ3v) is 3.48. The standard InChI is InChI=1S/C16H23N3O/c1-2-19-11-9-17-16(19)14-18(12-13-20)10-8-15-6-4-3-5-7-15/h3-7,9,11,20H,2,8,10,12-14H2,1H3. The zero-order valence-electron chi connectivity index (χ0n) is 12.1. The highest BCUT2D eigenvalue weighted by Gasteiger charge is 2.09. The van der Waals surface area contributed by atoms with E-state index in [1.165, 1.54) is 5.56 Å². The summed E-state index contributed by atoms with van der Waals surface area (Å²) in [6.45, 7) is 5.63. The highest BCUT2D eigenvalue weighted by molar-refractivity contribution is 5.14. The highest BCUT2D eigenvalue weighted by Crippen LogP contribution is 2.06. The number of aryl methyl sites for hydroxylation is 1. The lowest BCUT2D eigenvalue weighted by Gasteiger charge is -2.21. The quantitative estimate of drug-likeness (QED) is 0.799. The van der Waals surface area contributed by atoms with Gasteiger partial charge in [-0.1, -0.05) is 30.3 Å². The fourth-order valence-corrected chi connectivity index (χ4v) is 2.32. The molecule has 20 heavy (non-hydrogen) atoms. The number of benzene rings is 1. The molecule has 1 aromatic carbocycles. The van der Waals surface area contributed by atoms with Crippen LogP contribution in [0.1, 0.15) is 18.3 Å². The van der Waals surface area contributed by atoms with E-state index in [0.29, 0.717) is 6.54 Å². The average Bonchev–Trinajstić information content (AvgIpc) is 2.93. The lowest BCUT2D eigenvalue weighted by molar-refractivity contribution is 0.187. The van der Waals surface area contributed by atoms with Crippen LogP contribution >= 0.6 is 0 Å². The Kier molecular flexibility index (Phi) is 5.77. The van der Waals surface area contributed by atoms with Crippen molar-refractivity contribution in [1.82, 2.24) is 14.5 Å². The molecule has 4 heteroatoms. The van der Waals surface area contributed by atoms with Gasteiger partial charge in [0.1, 0.15) is 5.82 Å². The largest absolute Gasteiger partial charge is 0.395 e. The Morgan fingerprint density at radius 2 is 2.00 bits per heavy atom. The second-order valence-electron chi connectivity index (χ2n) is 4.86. The first-order valence-electron chi connectivity index (χ1n) is 7.20. The minimum atomic E-state index is 0.182. The molecular weight excluding hydrogens is 250 g/mol. The Bertz CT molecular complexity index is 495. The SMILES string of the molecule is CCn1ccnc1CN(CCO)CCc1ccccc1. The molecule has 0 unspecified atom stereocenters. The Morgan fingerprint density at radius 1 is 1.20 bits per heavy atom. The first kappa shape index (κ1) is 14.8. The molecular formula is C16H23N3O. The number of aliphatic hydroxyl groups excluding tert-OH is 1. The number of rotatable bonds is 8. The van der Waals surface area contributed by atoms with Crippen molar-refractivity contribution in [2.24, 2.45) is 0 Å². The molecule has 0 saturated heterocycles. The lowest BCUT2D eigenvalue weighted by Crippen LogP contribution is -2.30. The van der Waals surface area contributed by atoms with Gasteiger partial charge in [-0.25, -0.2) is 4.98 Å². The van der Waals surface area contributed by atoms with E-state index >= 15 is 0 Å². The van der Waals surface area contributed by atoms with Gasteiger partial charge < -0.3 is 9.67 Å². The number of hydrogen-bond acceptors (Lipinski definition) is 3. The van der Waals surface area contributed by atoms with E-state index in [1.807, 2.05) is 18.5 Å². The van der Waals surface area contributed by atoms with Crippen molar-refractivity contribution < 1.29 is 5.11 Å². The molecule has 0 radical (unpaired) electrons. The summed E-state index contributed by atoms with van der Waals surface area (Å²) in [5.41, 5.74) is 1.33. The van der Waals surface area contributed by atoms with Gasteiger partial charge in [0.25, 0.3) is 0 Å². The van der Waals surface area contributed by atoms with Crippen LogP contribution in [-0.2, 0) is 19.5 Å². The molecule has 0 amide bonds. The van der Waals surface area contributed by atoms with Gasteiger partial charge in [0.15, 0.2) is 0 Å². The van der Waals surface area contributed by atoms with Crippen molar-refractivity contribution in [3.05, 3.63) is 54.1 Å². The molecule has 2 aromatic rings. The summed E-state index contributed by atoms with van der Waals surface area (Å²) in [6.07, 6.45) is 4.84. The number of aromatic nitrogens is 2. The molecule has 0 bridgehead atoms. The van der Waals surface area contributed by atoms with E-state index in [4.69, 9.17) is 0 Å². The van der Waals surface area contributed by atoms with Crippen molar-refractivity contribution in [3.63, 3.8) is 0 Å². The maximum atomic E-state index is 9.22. The Labute approximate surface area is 120 Å². The van der Waals surface area contributed by atoms with Crippen molar-refractivity contribution in [2.45, 2.75) is 26.4 Å². The molecule has 0 saturated carbocycles. The Hall–Kier alpha value is -1.65. The van der Waals surface area contributed by atoms with Gasteiger partial charge >= 0.3 is 0 Å². The van der Waals surface area contributed by atoms with E-state index in [-0.39, 0.29) is 6.61 Å². The van der Waals surface area contributed by atoms with E-state index in [9.17, 15) is 5.11 Å². The second-order valence-corrected chi connectivity index (χ2v) is 4.86. The van der Waals surface area contributed by atoms with E-state index in [1.54, 1.807) is 0 Å². The second kappa shape index (κ2) is 7.82. The maximum Gasteiger partial charge on any atom is 0.122 e. The van der Waals surface area contributed by atoms with Gasteiger partial charge in [-0.2, -0.15) is 0 Å². The predicted molar refractivity (Wildman–Crippen MR) is 80.4 cm³/mol. The summed E-state index contributed by atoms with van der Waals surface area (Å²) in [5.74, 6) is 1.06. The van der Waals surface area contributed by atoms with Crippen LogP contribution in [0, 0.1) is 0 Å². The number of nitrogens with zero attached hydrogens (tertiary/aromatic N) is 3. The van der Waals surface area contributed by atoms with Crippen LogP contribution in [0.4, 0.5) is 0 Å². The van der Waals surface area contributed by atoms with Gasteiger partial charge in [-0.05, 0) is 18.9 Å². The van der Waals surface area contributed by atoms with Crippen LogP contribution in [0.3, 0.4) is 0 Å². The van der Waals surface area contributed by atoms with Crippen molar-refractivity contribution in [2.75, 3.05) is 19.7 Å². The summed E-state index contributed by atoms with van der Waals surface area (Å²) < 4.78 is 2.15. The molecule has 1 aromatic heterocycles. The van der Waals surface area contributed by atoms with Crippen molar-refractivity contribution in [1.29, 1.82) is 0 Å². The summed E-state index contributed by atoms with van der Waals surface area (Å²) in [5, 5.41) is 9.22. The van der Waals surface area contributed by atoms with Crippen LogP contribution < -0.4 is 0 Å². The predicted octanol–water partition coefficient (Wildman–Crippen LogP) is 1.94. The van der Waals surface area contributed by atoms with Crippen LogP contribution in [0.2, 0.25) is 0 Å². The molecule has 0 spiro atoms. The molecule has 0 atom stereocenters. The topological polar surface area (TPSA) is 41.3 Å². The van der Waals surface area contributed by atoms with Gasteiger partial charge in [0.2, 0.25) is 0 Å². The Balaban J connectivity index is 1.93. The third kappa shape index (κ3) is 4.18. The van der Waals surface area contributed by atoms with Crippen molar-refractivity contribution in [3.8, 4) is 0 Å². The smallest absolute Gasteiger partial charge is 0.122 e. The molecule has 108 valence electrons. The van der Waals surface area contributed by atoms with Gasteiger partial charge in [0.05, 0.1) is 13.2 Å². The van der Waals surface area contributed by atoms with Crippen molar-refractivity contribution >= 4 is 0 Å². The monoisotopic (exact) mass is 273 g/mol. The van der Waals surface area contributed by atoms with E-state index < -0.39 is 0 Å². The zero-order chi connectivity index (χ0) is 14.2. The summed E-state index contributed by atoms with van der Waals surface area (Å²) in [7, 11) is 0. The van der Waals surface area contributed by atoms with E-state index in [0.717, 1.165) is 31.9 Å². The fourth-order valence-electron chi connectivity index (χ4n) is 2.32. The first-order chi connectivity index (χ1) is 9.83. The molecule has 1 heterocycles. The summed E-state index contributed by atoms with van der Waals surface area (Å²) >= 11 is 0. The Morgan fingerprint density at radius 3 is 2.70 bits per heavy atom. The van der Waals surface area contributed by atoms with Gasteiger partial charge in [-0.3, -0.25) is 4.90 Å². The number of aliphatic hydroxyl groups is 1. The first-order valence-corrected chi connectivity index (χ1v) is 7.20. The summed E-state index contributed by atoms with van der Waals surface area (Å²) in [6, 6.07) is 10.5. The zero-order valence-corrected chi connectivity index (χ0v) is 12.1. The molecule has 0 aliphatic rings.